The first kappa shape index (κ1) is 13.3. The minimum absolute atomic E-state index is 0.352. The van der Waals surface area contributed by atoms with E-state index in [1.807, 2.05) is 0 Å². The number of rotatable bonds is 4. The Bertz CT molecular complexity index is 133. The first-order valence-corrected chi connectivity index (χ1v) is 5.88. The van der Waals surface area contributed by atoms with E-state index in [1.54, 1.807) is 0 Å². The lowest BCUT2D eigenvalue weighted by Crippen LogP contribution is -2.25. The summed E-state index contributed by atoms with van der Waals surface area (Å²) in [5.41, 5.74) is 0.352. The lowest BCUT2D eigenvalue weighted by Gasteiger charge is -2.32. The third-order valence-corrected chi connectivity index (χ3v) is 3.58. The fourth-order valence-electron chi connectivity index (χ4n) is 1.37. The van der Waals surface area contributed by atoms with Crippen LogP contribution in [0.1, 0.15) is 48.0 Å². The number of hydrogen-bond acceptors (Lipinski definition) is 0. The van der Waals surface area contributed by atoms with E-state index in [2.05, 4.69) is 41.5 Å². The van der Waals surface area contributed by atoms with E-state index in [1.165, 1.54) is 6.42 Å². The van der Waals surface area contributed by atoms with E-state index < -0.39 is 0 Å². The molecule has 0 nitrogen and oxygen atoms in total. The van der Waals surface area contributed by atoms with Crippen molar-refractivity contribution < 1.29 is 0 Å². The molecule has 13 heavy (non-hydrogen) atoms. The first-order chi connectivity index (χ1) is 5.79. The molecular formula is C12H25Cl. The van der Waals surface area contributed by atoms with Crippen LogP contribution in [0.25, 0.3) is 0 Å². The van der Waals surface area contributed by atoms with E-state index >= 15 is 0 Å². The Morgan fingerprint density at radius 3 is 1.77 bits per heavy atom. The zero-order chi connectivity index (χ0) is 10.6. The van der Waals surface area contributed by atoms with Crippen molar-refractivity contribution >= 4 is 11.6 Å². The Morgan fingerprint density at radius 2 is 1.54 bits per heavy atom. The van der Waals surface area contributed by atoms with Gasteiger partial charge in [0, 0.05) is 5.88 Å². The summed E-state index contributed by atoms with van der Waals surface area (Å²) in [6.07, 6.45) is 1.25. The van der Waals surface area contributed by atoms with Crippen LogP contribution in [0.2, 0.25) is 0 Å². The Labute approximate surface area is 89.1 Å². The molecule has 0 saturated carbocycles. The fourth-order valence-corrected chi connectivity index (χ4v) is 1.96. The molecule has 0 fully saturated rings. The normalized spacial score (nSPS) is 17.5. The van der Waals surface area contributed by atoms with Gasteiger partial charge in [0.15, 0.2) is 0 Å². The zero-order valence-electron chi connectivity index (χ0n) is 10.0. The summed E-state index contributed by atoms with van der Waals surface area (Å²) in [6.45, 7) is 13.8. The van der Waals surface area contributed by atoms with Crippen LogP contribution >= 0.6 is 11.6 Å². The van der Waals surface area contributed by atoms with Crippen molar-refractivity contribution in [2.24, 2.45) is 23.2 Å². The van der Waals surface area contributed by atoms with Gasteiger partial charge in [-0.15, -0.1) is 11.6 Å². The van der Waals surface area contributed by atoms with Crippen LogP contribution < -0.4 is 0 Å². The molecular weight excluding hydrogens is 180 g/mol. The van der Waals surface area contributed by atoms with Crippen molar-refractivity contribution in [2.45, 2.75) is 48.0 Å². The minimum atomic E-state index is 0.352. The highest BCUT2D eigenvalue weighted by Gasteiger charge is 2.26. The molecule has 0 bridgehead atoms. The molecule has 0 spiro atoms. The molecule has 0 heterocycles. The van der Waals surface area contributed by atoms with Crippen LogP contribution in [0.15, 0.2) is 0 Å². The third kappa shape index (κ3) is 4.90. The molecule has 0 saturated heterocycles. The maximum absolute atomic E-state index is 6.00. The van der Waals surface area contributed by atoms with Gasteiger partial charge in [-0.3, -0.25) is 0 Å². The molecule has 0 aromatic rings. The van der Waals surface area contributed by atoms with Gasteiger partial charge in [0.1, 0.15) is 0 Å². The van der Waals surface area contributed by atoms with Gasteiger partial charge in [0.05, 0.1) is 0 Å². The predicted molar refractivity (Wildman–Crippen MR) is 62.3 cm³/mol. The zero-order valence-corrected chi connectivity index (χ0v) is 10.8. The van der Waals surface area contributed by atoms with E-state index in [0.29, 0.717) is 11.3 Å². The van der Waals surface area contributed by atoms with Gasteiger partial charge in [-0.05, 0) is 29.6 Å². The summed E-state index contributed by atoms with van der Waals surface area (Å²) >= 11 is 6.00. The Kier molecular flexibility index (Phi) is 5.36. The van der Waals surface area contributed by atoms with Crippen molar-refractivity contribution in [3.05, 3.63) is 0 Å². The van der Waals surface area contributed by atoms with Crippen LogP contribution in [0.3, 0.4) is 0 Å². The first-order valence-electron chi connectivity index (χ1n) is 5.35. The summed E-state index contributed by atoms with van der Waals surface area (Å²) in [7, 11) is 0. The predicted octanol–water partition coefficient (Wildman–Crippen LogP) is 4.57. The quantitative estimate of drug-likeness (QED) is 0.589. The number of alkyl halides is 1. The van der Waals surface area contributed by atoms with E-state index in [4.69, 9.17) is 11.6 Å². The van der Waals surface area contributed by atoms with Crippen LogP contribution in [0, 0.1) is 23.2 Å². The lowest BCUT2D eigenvalue weighted by atomic mass is 9.75. The lowest BCUT2D eigenvalue weighted by molar-refractivity contribution is 0.202. The molecule has 2 atom stereocenters. The molecule has 0 aliphatic heterocycles. The average Bonchev–Trinajstić information content (AvgIpc) is 1.96. The number of hydrogen-bond donors (Lipinski definition) is 0. The summed E-state index contributed by atoms with van der Waals surface area (Å²) < 4.78 is 0. The molecule has 0 amide bonds. The molecule has 0 aliphatic rings. The second kappa shape index (κ2) is 5.24. The molecule has 0 N–H and O–H groups in total. The smallest absolute Gasteiger partial charge is 0.0256 e. The maximum atomic E-state index is 6.00. The van der Waals surface area contributed by atoms with Crippen molar-refractivity contribution in [1.29, 1.82) is 0 Å². The maximum Gasteiger partial charge on any atom is 0.0256 e. The fraction of sp³-hybridized carbons (Fsp3) is 1.00. The SMILES string of the molecule is CC(C)C(C)CC(CCl)C(C)(C)C. The summed E-state index contributed by atoms with van der Waals surface area (Å²) in [4.78, 5) is 0. The second-order valence-electron chi connectivity index (χ2n) is 5.67. The molecule has 80 valence electrons. The van der Waals surface area contributed by atoms with Crippen molar-refractivity contribution in [2.75, 3.05) is 5.88 Å². The van der Waals surface area contributed by atoms with Crippen molar-refractivity contribution in [3.63, 3.8) is 0 Å². The molecule has 0 aromatic heterocycles. The largest absolute Gasteiger partial charge is 0.126 e. The van der Waals surface area contributed by atoms with Gasteiger partial charge in [-0.1, -0.05) is 41.5 Å². The third-order valence-electron chi connectivity index (χ3n) is 3.21. The van der Waals surface area contributed by atoms with Crippen LogP contribution in [-0.2, 0) is 0 Å². The molecule has 0 radical (unpaired) electrons. The highest BCUT2D eigenvalue weighted by molar-refractivity contribution is 6.18. The van der Waals surface area contributed by atoms with Gasteiger partial charge >= 0.3 is 0 Å². The van der Waals surface area contributed by atoms with Gasteiger partial charge in [-0.2, -0.15) is 0 Å². The molecule has 0 aliphatic carbocycles. The summed E-state index contributed by atoms with van der Waals surface area (Å²) in [5, 5.41) is 0. The topological polar surface area (TPSA) is 0 Å². The summed E-state index contributed by atoms with van der Waals surface area (Å²) in [5.74, 6) is 2.99. The van der Waals surface area contributed by atoms with E-state index in [0.717, 1.165) is 17.7 Å². The molecule has 2 unspecified atom stereocenters. The molecule has 0 rings (SSSR count). The van der Waals surface area contributed by atoms with Crippen LogP contribution in [0.4, 0.5) is 0 Å². The average molecular weight is 205 g/mol. The van der Waals surface area contributed by atoms with Crippen molar-refractivity contribution in [1.82, 2.24) is 0 Å². The van der Waals surface area contributed by atoms with Gasteiger partial charge in [0.2, 0.25) is 0 Å². The van der Waals surface area contributed by atoms with Crippen LogP contribution in [0.5, 0.6) is 0 Å². The molecule has 0 aromatic carbocycles. The minimum Gasteiger partial charge on any atom is -0.126 e. The van der Waals surface area contributed by atoms with Crippen molar-refractivity contribution in [3.8, 4) is 0 Å². The monoisotopic (exact) mass is 204 g/mol. The standard InChI is InChI=1S/C12H25Cl/c1-9(2)10(3)7-11(8-13)12(4,5)6/h9-11H,7-8H2,1-6H3. The Morgan fingerprint density at radius 1 is 1.08 bits per heavy atom. The Balaban J connectivity index is 4.14. The van der Waals surface area contributed by atoms with E-state index in [-0.39, 0.29) is 0 Å². The van der Waals surface area contributed by atoms with E-state index in [9.17, 15) is 0 Å². The number of halogens is 1. The highest BCUT2D eigenvalue weighted by Crippen LogP contribution is 2.33. The Hall–Kier alpha value is 0.290. The van der Waals surface area contributed by atoms with Gasteiger partial charge in [0.25, 0.3) is 0 Å². The highest BCUT2D eigenvalue weighted by atomic mass is 35.5. The van der Waals surface area contributed by atoms with Crippen LogP contribution in [-0.4, -0.2) is 5.88 Å². The van der Waals surface area contributed by atoms with Gasteiger partial charge in [-0.25, -0.2) is 0 Å². The summed E-state index contributed by atoms with van der Waals surface area (Å²) in [6, 6.07) is 0. The van der Waals surface area contributed by atoms with Gasteiger partial charge < -0.3 is 0 Å². The second-order valence-corrected chi connectivity index (χ2v) is 5.98. The molecule has 1 heteroatoms.